The minimum absolute atomic E-state index is 0.0829. The number of hydrogen-bond acceptors (Lipinski definition) is 6. The van der Waals surface area contributed by atoms with Gasteiger partial charge in [-0.05, 0) is 12.5 Å². The summed E-state index contributed by atoms with van der Waals surface area (Å²) in [6.07, 6.45) is 4.16. The van der Waals surface area contributed by atoms with Crippen LogP contribution in [0.1, 0.15) is 18.7 Å². The van der Waals surface area contributed by atoms with Gasteiger partial charge in [-0.25, -0.2) is 9.97 Å². The van der Waals surface area contributed by atoms with Crippen molar-refractivity contribution in [2.75, 3.05) is 0 Å². The molecule has 0 fully saturated rings. The Morgan fingerprint density at radius 2 is 2.06 bits per heavy atom. The molecule has 0 aromatic carbocycles. The van der Waals surface area contributed by atoms with Crippen LogP contribution in [0.25, 0.3) is 11.6 Å². The molecule has 0 radical (unpaired) electrons. The van der Waals surface area contributed by atoms with Gasteiger partial charge in [0, 0.05) is 25.2 Å². The predicted molar refractivity (Wildman–Crippen MR) is 55.9 cm³/mol. The Kier molecular flexibility index (Phi) is 3.39. The van der Waals surface area contributed by atoms with Crippen LogP contribution in [0.3, 0.4) is 0 Å². The van der Waals surface area contributed by atoms with E-state index in [0.717, 1.165) is 0 Å². The number of aromatic nitrogens is 4. The highest BCUT2D eigenvalue weighted by Gasteiger charge is 2.10. The average Bonchev–Trinajstić information content (AvgIpc) is 2.78. The molecule has 0 aliphatic heterocycles. The summed E-state index contributed by atoms with van der Waals surface area (Å²) >= 11 is 0. The molecule has 0 unspecified atom stereocenters. The number of nitrogens with zero attached hydrogens (tertiary/aromatic N) is 4. The molecule has 7 heteroatoms. The predicted octanol–water partition coefficient (Wildman–Crippen LogP) is 0.934. The van der Waals surface area contributed by atoms with E-state index in [0.29, 0.717) is 30.4 Å². The molecule has 2 rings (SSSR count). The summed E-state index contributed by atoms with van der Waals surface area (Å²) in [4.78, 5) is 22.4. The fraction of sp³-hybridized carbons (Fsp3) is 0.300. The van der Waals surface area contributed by atoms with Crippen molar-refractivity contribution in [3.63, 3.8) is 0 Å². The molecule has 0 saturated carbocycles. The van der Waals surface area contributed by atoms with E-state index in [9.17, 15) is 4.79 Å². The van der Waals surface area contributed by atoms with Crippen molar-refractivity contribution in [2.24, 2.45) is 0 Å². The molecule has 7 nitrogen and oxygen atoms in total. The van der Waals surface area contributed by atoms with E-state index >= 15 is 0 Å². The lowest BCUT2D eigenvalue weighted by atomic mass is 10.2. The smallest absolute Gasteiger partial charge is 0.303 e. The van der Waals surface area contributed by atoms with Crippen molar-refractivity contribution in [1.82, 2.24) is 20.1 Å². The van der Waals surface area contributed by atoms with Crippen molar-refractivity contribution >= 4 is 5.97 Å². The molecule has 0 spiro atoms. The molecular weight excluding hydrogens is 224 g/mol. The Morgan fingerprint density at radius 1 is 1.29 bits per heavy atom. The maximum atomic E-state index is 10.3. The van der Waals surface area contributed by atoms with Crippen molar-refractivity contribution in [3.05, 3.63) is 24.4 Å². The molecule has 88 valence electrons. The van der Waals surface area contributed by atoms with E-state index in [2.05, 4.69) is 20.1 Å². The van der Waals surface area contributed by atoms with Crippen molar-refractivity contribution < 1.29 is 14.4 Å². The third kappa shape index (κ3) is 3.07. The SMILES string of the molecule is O=C(O)CCCc1nc(-c2ncccn2)no1. The molecule has 1 N–H and O–H groups in total. The quantitative estimate of drug-likeness (QED) is 0.820. The van der Waals surface area contributed by atoms with Crippen molar-refractivity contribution in [1.29, 1.82) is 0 Å². The monoisotopic (exact) mass is 234 g/mol. The minimum atomic E-state index is -0.837. The summed E-state index contributed by atoms with van der Waals surface area (Å²) in [7, 11) is 0. The zero-order valence-corrected chi connectivity index (χ0v) is 8.91. The van der Waals surface area contributed by atoms with Gasteiger partial charge in [0.2, 0.25) is 17.5 Å². The molecule has 0 saturated heterocycles. The second-order valence-electron chi connectivity index (χ2n) is 3.33. The topological polar surface area (TPSA) is 102 Å². The molecule has 2 aromatic rings. The van der Waals surface area contributed by atoms with Gasteiger partial charge in [0.1, 0.15) is 0 Å². The first-order valence-electron chi connectivity index (χ1n) is 5.07. The Labute approximate surface area is 96.5 Å². The standard InChI is InChI=1S/C10H10N4O3/c15-8(16)4-1-3-7-13-10(14-17-7)9-11-5-2-6-12-9/h2,5-6H,1,3-4H2,(H,15,16). The zero-order chi connectivity index (χ0) is 12.1. The Bertz CT molecular complexity index is 497. The number of carboxylic acid groups (broad SMARTS) is 1. The van der Waals surface area contributed by atoms with E-state index in [1.165, 1.54) is 0 Å². The second-order valence-corrected chi connectivity index (χ2v) is 3.33. The minimum Gasteiger partial charge on any atom is -0.481 e. The van der Waals surface area contributed by atoms with Crippen molar-refractivity contribution in [2.45, 2.75) is 19.3 Å². The number of hydrogen-bond donors (Lipinski definition) is 1. The van der Waals surface area contributed by atoms with Gasteiger partial charge in [-0.1, -0.05) is 5.16 Å². The highest BCUT2D eigenvalue weighted by atomic mass is 16.5. The van der Waals surface area contributed by atoms with Gasteiger partial charge in [-0.15, -0.1) is 0 Å². The van der Waals surface area contributed by atoms with Crippen LogP contribution in [0.4, 0.5) is 0 Å². The first-order chi connectivity index (χ1) is 8.25. The summed E-state index contributed by atoms with van der Waals surface area (Å²) in [6.45, 7) is 0. The maximum Gasteiger partial charge on any atom is 0.303 e. The largest absolute Gasteiger partial charge is 0.481 e. The number of aliphatic carboxylic acids is 1. The molecule has 0 atom stereocenters. The van der Waals surface area contributed by atoms with E-state index in [1.54, 1.807) is 18.5 Å². The van der Waals surface area contributed by atoms with Gasteiger partial charge in [0.15, 0.2) is 0 Å². The number of aryl methyl sites for hydroxylation is 1. The van der Waals surface area contributed by atoms with Crippen LogP contribution >= 0.6 is 0 Å². The fourth-order valence-corrected chi connectivity index (χ4v) is 1.25. The first kappa shape index (κ1) is 11.2. The van der Waals surface area contributed by atoms with Gasteiger partial charge in [-0.2, -0.15) is 4.98 Å². The van der Waals surface area contributed by atoms with Gasteiger partial charge in [0.05, 0.1) is 0 Å². The molecule has 17 heavy (non-hydrogen) atoms. The van der Waals surface area contributed by atoms with Crippen molar-refractivity contribution in [3.8, 4) is 11.6 Å². The van der Waals surface area contributed by atoms with Crippen LogP contribution in [0.2, 0.25) is 0 Å². The molecule has 0 bridgehead atoms. The lowest BCUT2D eigenvalue weighted by Crippen LogP contribution is -1.96. The van der Waals surface area contributed by atoms with E-state index in [4.69, 9.17) is 9.63 Å². The normalized spacial score (nSPS) is 10.4. The van der Waals surface area contributed by atoms with Gasteiger partial charge >= 0.3 is 5.97 Å². The lowest BCUT2D eigenvalue weighted by Gasteiger charge is -1.91. The van der Waals surface area contributed by atoms with Gasteiger partial charge in [0.25, 0.3) is 0 Å². The average molecular weight is 234 g/mol. The molecule has 0 amide bonds. The molecule has 0 aliphatic rings. The van der Waals surface area contributed by atoms with Gasteiger partial charge < -0.3 is 9.63 Å². The van der Waals surface area contributed by atoms with E-state index in [1.807, 2.05) is 0 Å². The third-order valence-corrected chi connectivity index (χ3v) is 2.02. The number of carbonyl (C=O) groups is 1. The second kappa shape index (κ2) is 5.15. The van der Waals surface area contributed by atoms with Crippen LogP contribution in [-0.2, 0) is 11.2 Å². The third-order valence-electron chi connectivity index (χ3n) is 2.02. The Morgan fingerprint density at radius 3 is 2.76 bits per heavy atom. The van der Waals surface area contributed by atoms with Crippen LogP contribution in [0.5, 0.6) is 0 Å². The molecular formula is C10H10N4O3. The highest BCUT2D eigenvalue weighted by molar-refractivity contribution is 5.66. The Hall–Kier alpha value is -2.31. The number of carboxylic acids is 1. The van der Waals surface area contributed by atoms with E-state index in [-0.39, 0.29) is 6.42 Å². The first-order valence-corrected chi connectivity index (χ1v) is 5.07. The summed E-state index contributed by atoms with van der Waals surface area (Å²) in [6, 6.07) is 1.69. The summed E-state index contributed by atoms with van der Waals surface area (Å²) in [5, 5.41) is 12.2. The summed E-state index contributed by atoms with van der Waals surface area (Å²) < 4.78 is 4.97. The zero-order valence-electron chi connectivity index (χ0n) is 8.91. The highest BCUT2D eigenvalue weighted by Crippen LogP contribution is 2.10. The molecule has 2 aromatic heterocycles. The maximum absolute atomic E-state index is 10.3. The van der Waals surface area contributed by atoms with Crippen LogP contribution in [0, 0.1) is 0 Å². The van der Waals surface area contributed by atoms with Crippen LogP contribution in [0.15, 0.2) is 23.0 Å². The number of rotatable bonds is 5. The lowest BCUT2D eigenvalue weighted by molar-refractivity contribution is -0.137. The van der Waals surface area contributed by atoms with Crippen LogP contribution in [-0.4, -0.2) is 31.2 Å². The summed E-state index contributed by atoms with van der Waals surface area (Å²) in [5.74, 6) is 0.265. The summed E-state index contributed by atoms with van der Waals surface area (Å²) in [5.41, 5.74) is 0. The molecule has 0 aliphatic carbocycles. The van der Waals surface area contributed by atoms with Crippen LogP contribution < -0.4 is 0 Å². The van der Waals surface area contributed by atoms with E-state index < -0.39 is 5.97 Å². The molecule has 2 heterocycles. The Balaban J connectivity index is 1.99. The fourth-order valence-electron chi connectivity index (χ4n) is 1.25. The van der Waals surface area contributed by atoms with Gasteiger partial charge in [-0.3, -0.25) is 4.79 Å².